The van der Waals surface area contributed by atoms with Gasteiger partial charge in [-0.25, -0.2) is 0 Å². The molecule has 5 heteroatoms. The van der Waals surface area contributed by atoms with Crippen molar-refractivity contribution >= 4 is 5.97 Å². The Morgan fingerprint density at radius 1 is 1.77 bits per heavy atom. The highest BCUT2D eigenvalue weighted by atomic mass is 16.4. The minimum atomic E-state index is -1.01. The highest BCUT2D eigenvalue weighted by molar-refractivity contribution is 5.73. The lowest BCUT2D eigenvalue weighted by Gasteiger charge is -2.15. The van der Waals surface area contributed by atoms with E-state index in [0.717, 1.165) is 5.69 Å². The largest absolute Gasteiger partial charge is 0.480 e. The quantitative estimate of drug-likeness (QED) is 0.699. The maximum absolute atomic E-state index is 10.6. The van der Waals surface area contributed by atoms with Crippen LogP contribution in [0.2, 0.25) is 0 Å². The fraction of sp³-hybridized carbons (Fsp3) is 0.500. The summed E-state index contributed by atoms with van der Waals surface area (Å²) in [6, 6.07) is 0.566. The molecular weight excluding hydrogens is 170 g/mol. The number of aromatic nitrogens is 2. The Bertz CT molecular complexity index is 308. The SMILES string of the molecule is Cc1ccn(C(C)C(N)C(=O)O)n1. The normalized spacial score (nSPS) is 15.3. The van der Waals surface area contributed by atoms with E-state index < -0.39 is 12.0 Å². The van der Waals surface area contributed by atoms with Crippen LogP contribution in [0, 0.1) is 6.92 Å². The van der Waals surface area contributed by atoms with Crippen LogP contribution >= 0.6 is 0 Å². The van der Waals surface area contributed by atoms with Crippen molar-refractivity contribution in [3.63, 3.8) is 0 Å². The summed E-state index contributed by atoms with van der Waals surface area (Å²) in [5, 5.41) is 12.7. The average Bonchev–Trinajstić information content (AvgIpc) is 2.49. The molecule has 0 aliphatic heterocycles. The third-order valence-corrected chi connectivity index (χ3v) is 1.96. The average molecular weight is 183 g/mol. The summed E-state index contributed by atoms with van der Waals surface area (Å²) < 4.78 is 1.56. The first-order valence-electron chi connectivity index (χ1n) is 4.02. The Labute approximate surface area is 76.2 Å². The van der Waals surface area contributed by atoms with Crippen LogP contribution in [0.4, 0.5) is 0 Å². The first kappa shape index (κ1) is 9.73. The summed E-state index contributed by atoms with van der Waals surface area (Å²) in [6.07, 6.45) is 1.72. The van der Waals surface area contributed by atoms with Crippen LogP contribution in [0.1, 0.15) is 18.7 Å². The first-order chi connectivity index (χ1) is 6.02. The summed E-state index contributed by atoms with van der Waals surface area (Å²) in [6.45, 7) is 3.57. The number of carboxylic acid groups (broad SMARTS) is 1. The van der Waals surface area contributed by atoms with Crippen molar-refractivity contribution in [2.45, 2.75) is 25.9 Å². The van der Waals surface area contributed by atoms with E-state index in [1.165, 1.54) is 0 Å². The number of nitrogens with two attached hydrogens (primary N) is 1. The molecule has 1 heterocycles. The fourth-order valence-electron chi connectivity index (χ4n) is 1.03. The standard InChI is InChI=1S/C8H13N3O2/c1-5-3-4-11(10-5)6(2)7(9)8(12)13/h3-4,6-7H,9H2,1-2H3,(H,12,13). The maximum Gasteiger partial charge on any atom is 0.322 e. The van der Waals surface area contributed by atoms with Gasteiger partial charge in [-0.2, -0.15) is 5.10 Å². The van der Waals surface area contributed by atoms with Crippen LogP contribution in [0.15, 0.2) is 12.3 Å². The van der Waals surface area contributed by atoms with Crippen LogP contribution in [0.25, 0.3) is 0 Å². The summed E-state index contributed by atoms with van der Waals surface area (Å²) in [7, 11) is 0. The van der Waals surface area contributed by atoms with Crippen molar-refractivity contribution < 1.29 is 9.90 Å². The Hall–Kier alpha value is -1.36. The molecule has 1 aromatic heterocycles. The molecule has 2 atom stereocenters. The van der Waals surface area contributed by atoms with E-state index in [9.17, 15) is 4.79 Å². The van der Waals surface area contributed by atoms with Crippen LogP contribution in [-0.4, -0.2) is 26.9 Å². The van der Waals surface area contributed by atoms with E-state index in [4.69, 9.17) is 10.8 Å². The molecule has 0 saturated carbocycles. The molecule has 1 rings (SSSR count). The molecule has 0 bridgehead atoms. The predicted octanol–water partition coefficient (Wildman–Crippen LogP) is 0.164. The molecule has 3 N–H and O–H groups in total. The van der Waals surface area contributed by atoms with Gasteiger partial charge in [0.25, 0.3) is 0 Å². The van der Waals surface area contributed by atoms with Gasteiger partial charge in [0.15, 0.2) is 0 Å². The number of nitrogens with zero attached hydrogens (tertiary/aromatic N) is 2. The van der Waals surface area contributed by atoms with E-state index >= 15 is 0 Å². The lowest BCUT2D eigenvalue weighted by atomic mass is 10.1. The van der Waals surface area contributed by atoms with Gasteiger partial charge in [-0.15, -0.1) is 0 Å². The van der Waals surface area contributed by atoms with E-state index in [1.807, 2.05) is 13.0 Å². The molecule has 0 amide bonds. The molecule has 0 aliphatic rings. The number of rotatable bonds is 3. The molecule has 5 nitrogen and oxygen atoms in total. The van der Waals surface area contributed by atoms with E-state index in [1.54, 1.807) is 17.8 Å². The van der Waals surface area contributed by atoms with E-state index in [2.05, 4.69) is 5.10 Å². The van der Waals surface area contributed by atoms with E-state index in [-0.39, 0.29) is 6.04 Å². The number of hydrogen-bond acceptors (Lipinski definition) is 3. The molecule has 0 aromatic carbocycles. The summed E-state index contributed by atoms with van der Waals surface area (Å²) in [4.78, 5) is 10.6. The zero-order valence-corrected chi connectivity index (χ0v) is 7.64. The summed E-state index contributed by atoms with van der Waals surface area (Å²) >= 11 is 0. The minimum absolute atomic E-state index is 0.328. The van der Waals surface area contributed by atoms with Crippen LogP contribution in [-0.2, 0) is 4.79 Å². The van der Waals surface area contributed by atoms with Gasteiger partial charge in [-0.3, -0.25) is 9.48 Å². The van der Waals surface area contributed by atoms with Crippen LogP contribution in [0.5, 0.6) is 0 Å². The number of carbonyl (C=O) groups is 1. The molecule has 72 valence electrons. The first-order valence-corrected chi connectivity index (χ1v) is 4.02. The number of aliphatic carboxylic acids is 1. The van der Waals surface area contributed by atoms with Crippen molar-refractivity contribution in [1.82, 2.24) is 9.78 Å². The monoisotopic (exact) mass is 183 g/mol. The van der Waals surface area contributed by atoms with Gasteiger partial charge in [-0.1, -0.05) is 0 Å². The highest BCUT2D eigenvalue weighted by Crippen LogP contribution is 2.08. The van der Waals surface area contributed by atoms with Crippen molar-refractivity contribution in [3.05, 3.63) is 18.0 Å². The molecular formula is C8H13N3O2. The number of hydrogen-bond donors (Lipinski definition) is 2. The Morgan fingerprint density at radius 2 is 2.38 bits per heavy atom. The molecule has 0 radical (unpaired) electrons. The molecule has 0 saturated heterocycles. The van der Waals surface area contributed by atoms with Gasteiger partial charge in [-0.05, 0) is 19.9 Å². The van der Waals surface area contributed by atoms with Gasteiger partial charge < -0.3 is 10.8 Å². The Balaban J connectivity index is 2.78. The zero-order chi connectivity index (χ0) is 10.0. The molecule has 1 aromatic rings. The highest BCUT2D eigenvalue weighted by Gasteiger charge is 2.21. The zero-order valence-electron chi connectivity index (χ0n) is 7.64. The lowest BCUT2D eigenvalue weighted by molar-refractivity contribution is -0.139. The fourth-order valence-corrected chi connectivity index (χ4v) is 1.03. The summed E-state index contributed by atoms with van der Waals surface area (Å²) in [5.41, 5.74) is 6.29. The van der Waals surface area contributed by atoms with Crippen LogP contribution < -0.4 is 5.73 Å². The third-order valence-electron chi connectivity index (χ3n) is 1.96. The van der Waals surface area contributed by atoms with Gasteiger partial charge in [0.2, 0.25) is 0 Å². The summed E-state index contributed by atoms with van der Waals surface area (Å²) in [5.74, 6) is -1.01. The van der Waals surface area contributed by atoms with Gasteiger partial charge in [0.1, 0.15) is 6.04 Å². The van der Waals surface area contributed by atoms with Crippen LogP contribution in [0.3, 0.4) is 0 Å². The predicted molar refractivity (Wildman–Crippen MR) is 47.3 cm³/mol. The van der Waals surface area contributed by atoms with Gasteiger partial charge in [0, 0.05) is 6.20 Å². The number of carboxylic acids is 1. The topological polar surface area (TPSA) is 81.1 Å². The molecule has 0 fully saturated rings. The van der Waals surface area contributed by atoms with Gasteiger partial charge in [0.05, 0.1) is 11.7 Å². The Morgan fingerprint density at radius 3 is 2.77 bits per heavy atom. The molecule has 13 heavy (non-hydrogen) atoms. The smallest absolute Gasteiger partial charge is 0.322 e. The molecule has 2 unspecified atom stereocenters. The minimum Gasteiger partial charge on any atom is -0.480 e. The van der Waals surface area contributed by atoms with Crippen molar-refractivity contribution in [3.8, 4) is 0 Å². The molecule has 0 spiro atoms. The maximum atomic E-state index is 10.6. The second kappa shape index (κ2) is 3.57. The van der Waals surface area contributed by atoms with E-state index in [0.29, 0.717) is 0 Å². The second-order valence-electron chi connectivity index (χ2n) is 3.04. The Kier molecular flexibility index (Phi) is 2.67. The molecule has 0 aliphatic carbocycles. The van der Waals surface area contributed by atoms with Crippen molar-refractivity contribution in [2.75, 3.05) is 0 Å². The van der Waals surface area contributed by atoms with Gasteiger partial charge >= 0.3 is 5.97 Å². The third kappa shape index (κ3) is 2.06. The van der Waals surface area contributed by atoms with Crippen molar-refractivity contribution in [2.24, 2.45) is 5.73 Å². The van der Waals surface area contributed by atoms with Crippen molar-refractivity contribution in [1.29, 1.82) is 0 Å². The lowest BCUT2D eigenvalue weighted by Crippen LogP contribution is -2.38. The number of aryl methyl sites for hydroxylation is 1. The second-order valence-corrected chi connectivity index (χ2v) is 3.04.